The lowest BCUT2D eigenvalue weighted by Gasteiger charge is -2.06. The van der Waals surface area contributed by atoms with Crippen LogP contribution in [0.15, 0.2) is 30.5 Å². The van der Waals surface area contributed by atoms with E-state index in [2.05, 4.69) is 15.6 Å². The number of hydrogen-bond donors (Lipinski definition) is 2. The van der Waals surface area contributed by atoms with Gasteiger partial charge in [-0.1, -0.05) is 17.3 Å². The maximum Gasteiger partial charge on any atom is 0.241 e. The van der Waals surface area contributed by atoms with Crippen molar-refractivity contribution in [2.24, 2.45) is 5.73 Å². The van der Waals surface area contributed by atoms with E-state index in [9.17, 15) is 4.79 Å². The summed E-state index contributed by atoms with van der Waals surface area (Å²) in [4.78, 5) is 11.7. The van der Waals surface area contributed by atoms with Crippen LogP contribution in [0, 0.1) is 0 Å². The second-order valence-electron chi connectivity index (χ2n) is 4.56. The highest BCUT2D eigenvalue weighted by Crippen LogP contribution is 2.11. The molecule has 1 aromatic heterocycles. The third-order valence-corrected chi connectivity index (χ3v) is 3.00. The lowest BCUT2D eigenvalue weighted by Crippen LogP contribution is -2.29. The summed E-state index contributed by atoms with van der Waals surface area (Å²) in [5.74, 6) is 0.724. The standard InChI is InChI=1S/C14H19N5O2/c1-21-13-4-2-11(3-5-13)6-7-16-14(20)10-19-9-12(8-15)17-18-19/h2-5,9H,6-8,10,15H2,1H3,(H,16,20). The normalized spacial score (nSPS) is 10.4. The average molecular weight is 289 g/mol. The summed E-state index contributed by atoms with van der Waals surface area (Å²) in [6.45, 7) is 1.04. The Labute approximate surface area is 123 Å². The first-order valence-electron chi connectivity index (χ1n) is 6.70. The van der Waals surface area contributed by atoms with Gasteiger partial charge in [-0.05, 0) is 24.1 Å². The molecule has 7 heteroatoms. The molecule has 0 atom stereocenters. The predicted octanol–water partition coefficient (Wildman–Crippen LogP) is 0.104. The van der Waals surface area contributed by atoms with E-state index < -0.39 is 0 Å². The molecule has 0 saturated carbocycles. The molecule has 0 spiro atoms. The molecule has 0 aliphatic heterocycles. The summed E-state index contributed by atoms with van der Waals surface area (Å²) in [6.07, 6.45) is 2.43. The Kier molecular flexibility index (Phi) is 5.28. The molecule has 0 radical (unpaired) electrons. The van der Waals surface area contributed by atoms with Crippen molar-refractivity contribution >= 4 is 5.91 Å². The van der Waals surface area contributed by atoms with E-state index in [1.165, 1.54) is 4.68 Å². The molecule has 0 bridgehead atoms. The van der Waals surface area contributed by atoms with Crippen LogP contribution in [0.3, 0.4) is 0 Å². The zero-order valence-corrected chi connectivity index (χ0v) is 12.0. The van der Waals surface area contributed by atoms with Crippen molar-refractivity contribution in [1.82, 2.24) is 20.3 Å². The largest absolute Gasteiger partial charge is 0.497 e. The highest BCUT2D eigenvalue weighted by atomic mass is 16.5. The van der Waals surface area contributed by atoms with Gasteiger partial charge in [0.1, 0.15) is 12.3 Å². The molecule has 0 aliphatic rings. The van der Waals surface area contributed by atoms with E-state index in [4.69, 9.17) is 10.5 Å². The number of nitrogens with two attached hydrogens (primary N) is 1. The van der Waals surface area contributed by atoms with Crippen molar-refractivity contribution in [2.45, 2.75) is 19.5 Å². The first kappa shape index (κ1) is 15.0. The fourth-order valence-corrected chi connectivity index (χ4v) is 1.85. The maximum absolute atomic E-state index is 11.7. The van der Waals surface area contributed by atoms with Crippen molar-refractivity contribution < 1.29 is 9.53 Å². The number of carbonyl (C=O) groups is 1. The predicted molar refractivity (Wildman–Crippen MR) is 77.6 cm³/mol. The molecular weight excluding hydrogens is 270 g/mol. The fraction of sp³-hybridized carbons (Fsp3) is 0.357. The molecule has 0 aliphatic carbocycles. The Hall–Kier alpha value is -2.41. The molecule has 1 aromatic carbocycles. The smallest absolute Gasteiger partial charge is 0.241 e. The second-order valence-corrected chi connectivity index (χ2v) is 4.56. The number of nitrogens with zero attached hydrogens (tertiary/aromatic N) is 3. The molecule has 112 valence electrons. The van der Waals surface area contributed by atoms with Crippen molar-refractivity contribution in [3.05, 3.63) is 41.7 Å². The van der Waals surface area contributed by atoms with Gasteiger partial charge < -0.3 is 15.8 Å². The van der Waals surface area contributed by atoms with E-state index in [-0.39, 0.29) is 12.5 Å². The summed E-state index contributed by atoms with van der Waals surface area (Å²) in [5.41, 5.74) is 7.24. The maximum atomic E-state index is 11.7. The van der Waals surface area contributed by atoms with Gasteiger partial charge in [-0.2, -0.15) is 0 Å². The Bertz CT molecular complexity index is 579. The van der Waals surface area contributed by atoms with Crippen molar-refractivity contribution in [3.63, 3.8) is 0 Å². The molecule has 1 heterocycles. The number of aromatic nitrogens is 3. The zero-order chi connectivity index (χ0) is 15.1. The van der Waals surface area contributed by atoms with Crippen LogP contribution in [0.4, 0.5) is 0 Å². The second kappa shape index (κ2) is 7.39. The molecule has 3 N–H and O–H groups in total. The van der Waals surface area contributed by atoms with Crippen LogP contribution in [0.5, 0.6) is 5.75 Å². The summed E-state index contributed by atoms with van der Waals surface area (Å²) < 4.78 is 6.57. The summed E-state index contributed by atoms with van der Waals surface area (Å²) in [7, 11) is 1.63. The van der Waals surface area contributed by atoms with E-state index in [1.54, 1.807) is 13.3 Å². The number of nitrogens with one attached hydrogen (secondary N) is 1. The monoisotopic (exact) mass is 289 g/mol. The molecule has 2 aromatic rings. The van der Waals surface area contributed by atoms with Gasteiger partial charge in [0.25, 0.3) is 0 Å². The highest BCUT2D eigenvalue weighted by molar-refractivity contribution is 5.75. The van der Waals surface area contributed by atoms with E-state index in [1.807, 2.05) is 24.3 Å². The van der Waals surface area contributed by atoms with Crippen LogP contribution in [-0.2, 0) is 24.3 Å². The van der Waals surface area contributed by atoms with Crippen LogP contribution in [0.2, 0.25) is 0 Å². The van der Waals surface area contributed by atoms with Gasteiger partial charge in [0.15, 0.2) is 0 Å². The number of carbonyl (C=O) groups excluding carboxylic acids is 1. The number of hydrogen-bond acceptors (Lipinski definition) is 5. The Balaban J connectivity index is 1.73. The van der Waals surface area contributed by atoms with Crippen LogP contribution >= 0.6 is 0 Å². The molecule has 1 amide bonds. The third kappa shape index (κ3) is 4.57. The van der Waals surface area contributed by atoms with Crippen molar-refractivity contribution in [3.8, 4) is 5.75 Å². The van der Waals surface area contributed by atoms with E-state index in [0.717, 1.165) is 17.7 Å². The molecule has 0 saturated heterocycles. The SMILES string of the molecule is COc1ccc(CCNC(=O)Cn2cc(CN)nn2)cc1. The van der Waals surface area contributed by atoms with Gasteiger partial charge in [0.05, 0.1) is 19.0 Å². The van der Waals surface area contributed by atoms with Gasteiger partial charge >= 0.3 is 0 Å². The van der Waals surface area contributed by atoms with E-state index in [0.29, 0.717) is 18.8 Å². The van der Waals surface area contributed by atoms with Crippen molar-refractivity contribution in [2.75, 3.05) is 13.7 Å². The number of benzene rings is 1. The topological polar surface area (TPSA) is 95.1 Å². The van der Waals surface area contributed by atoms with Crippen LogP contribution in [0.25, 0.3) is 0 Å². The van der Waals surface area contributed by atoms with Crippen LogP contribution in [0.1, 0.15) is 11.3 Å². The minimum Gasteiger partial charge on any atom is -0.497 e. The Morgan fingerprint density at radius 1 is 1.38 bits per heavy atom. The van der Waals surface area contributed by atoms with E-state index >= 15 is 0 Å². The number of amides is 1. The number of rotatable bonds is 7. The molecule has 2 rings (SSSR count). The van der Waals surface area contributed by atoms with Crippen LogP contribution in [-0.4, -0.2) is 34.6 Å². The number of ether oxygens (including phenoxy) is 1. The van der Waals surface area contributed by atoms with Gasteiger partial charge in [-0.3, -0.25) is 4.79 Å². The summed E-state index contributed by atoms with van der Waals surface area (Å²) >= 11 is 0. The van der Waals surface area contributed by atoms with Gasteiger partial charge in [-0.25, -0.2) is 4.68 Å². The Morgan fingerprint density at radius 2 is 2.14 bits per heavy atom. The first-order valence-corrected chi connectivity index (χ1v) is 6.70. The first-order chi connectivity index (χ1) is 10.2. The average Bonchev–Trinajstić information content (AvgIpc) is 2.95. The lowest BCUT2D eigenvalue weighted by atomic mass is 10.1. The minimum absolute atomic E-state index is 0.100. The molecule has 21 heavy (non-hydrogen) atoms. The molecule has 7 nitrogen and oxygen atoms in total. The molecule has 0 fully saturated rings. The van der Waals surface area contributed by atoms with Gasteiger partial charge in [-0.15, -0.1) is 5.10 Å². The van der Waals surface area contributed by atoms with Gasteiger partial charge in [0, 0.05) is 13.1 Å². The fourth-order valence-electron chi connectivity index (χ4n) is 1.85. The minimum atomic E-state index is -0.100. The molecule has 0 unspecified atom stereocenters. The zero-order valence-electron chi connectivity index (χ0n) is 12.0. The quantitative estimate of drug-likeness (QED) is 0.754. The summed E-state index contributed by atoms with van der Waals surface area (Å²) in [5, 5.41) is 10.5. The van der Waals surface area contributed by atoms with Gasteiger partial charge in [0.2, 0.25) is 5.91 Å². The van der Waals surface area contributed by atoms with Crippen molar-refractivity contribution in [1.29, 1.82) is 0 Å². The summed E-state index contributed by atoms with van der Waals surface area (Å²) in [6, 6.07) is 7.77. The third-order valence-electron chi connectivity index (χ3n) is 3.00. The molecular formula is C14H19N5O2. The Morgan fingerprint density at radius 3 is 2.76 bits per heavy atom. The van der Waals surface area contributed by atoms with Crippen LogP contribution < -0.4 is 15.8 Å². The number of methoxy groups -OCH3 is 1. The lowest BCUT2D eigenvalue weighted by molar-refractivity contribution is -0.121. The highest BCUT2D eigenvalue weighted by Gasteiger charge is 2.05.